The number of aryl methyl sites for hydroxylation is 1. The monoisotopic (exact) mass is 572 g/mol. The normalized spacial score (nSPS) is 19.8. The van der Waals surface area contributed by atoms with Crippen molar-refractivity contribution < 1.29 is 21.9 Å². The van der Waals surface area contributed by atoms with Crippen LogP contribution in [0.25, 0.3) is 22.1 Å². The summed E-state index contributed by atoms with van der Waals surface area (Å²) >= 11 is 0. The van der Waals surface area contributed by atoms with Crippen molar-refractivity contribution in [3.05, 3.63) is 47.9 Å². The molecule has 208 valence electrons. The van der Waals surface area contributed by atoms with E-state index in [1.165, 1.54) is 0 Å². The highest BCUT2D eigenvalue weighted by molar-refractivity contribution is 7.91. The van der Waals surface area contributed by atoms with Gasteiger partial charge in [-0.2, -0.15) is 0 Å². The lowest BCUT2D eigenvalue weighted by atomic mass is 9.97. The number of pyridine rings is 1. The van der Waals surface area contributed by atoms with Gasteiger partial charge in [0, 0.05) is 37.8 Å². The molecule has 0 radical (unpaired) electrons. The Bertz CT molecular complexity index is 1770. The van der Waals surface area contributed by atoms with Crippen LogP contribution in [-0.4, -0.2) is 77.8 Å². The van der Waals surface area contributed by atoms with E-state index < -0.39 is 26.0 Å². The molecule has 13 heteroatoms. The molecule has 0 bridgehead atoms. The summed E-state index contributed by atoms with van der Waals surface area (Å²) in [6.07, 6.45) is 2.95. The summed E-state index contributed by atoms with van der Waals surface area (Å²) in [6, 6.07) is 8.61. The number of nitrogens with zero attached hydrogens (tertiary/aromatic N) is 5. The van der Waals surface area contributed by atoms with E-state index in [-0.39, 0.29) is 27.1 Å². The molecule has 0 saturated carbocycles. The standard InChI is InChI=1S/C26H32N6O5S2/c1-17-6-3-4-7-21(17)39(36,37)26-22-23(20-8-11-27-24(20)29-26)32(25(28-22)18(2)33)30-13-9-19(10-14-30)16-31-12-5-15-38(31,34)35/h3-4,6-8,11,18-19,33H,5,9-10,12-16H2,1-2H3,(H,27,29)/t18-/m1/s1. The maximum atomic E-state index is 13.9. The van der Waals surface area contributed by atoms with Crippen molar-refractivity contribution in [3.63, 3.8) is 0 Å². The van der Waals surface area contributed by atoms with E-state index in [1.807, 2.05) is 10.7 Å². The molecule has 5 heterocycles. The van der Waals surface area contributed by atoms with Gasteiger partial charge in [0.05, 0.1) is 10.6 Å². The third-order valence-corrected chi connectivity index (χ3v) is 11.6. The minimum atomic E-state index is -4.03. The van der Waals surface area contributed by atoms with Gasteiger partial charge in [-0.05, 0) is 56.7 Å². The van der Waals surface area contributed by atoms with E-state index in [1.54, 1.807) is 48.6 Å². The summed E-state index contributed by atoms with van der Waals surface area (Å²) < 4.78 is 55.9. The number of sulfone groups is 1. The number of nitrogens with one attached hydrogen (secondary N) is 1. The molecule has 2 aliphatic rings. The first-order valence-corrected chi connectivity index (χ1v) is 16.3. The van der Waals surface area contributed by atoms with Crippen molar-refractivity contribution >= 4 is 41.9 Å². The van der Waals surface area contributed by atoms with E-state index >= 15 is 0 Å². The highest BCUT2D eigenvalue weighted by Gasteiger charge is 2.34. The number of piperidine rings is 1. The number of aliphatic hydroxyl groups is 1. The quantitative estimate of drug-likeness (QED) is 0.359. The van der Waals surface area contributed by atoms with Gasteiger partial charge in [-0.25, -0.2) is 35.8 Å². The van der Waals surface area contributed by atoms with Gasteiger partial charge in [-0.15, -0.1) is 0 Å². The molecule has 6 rings (SSSR count). The van der Waals surface area contributed by atoms with Gasteiger partial charge in [-0.1, -0.05) is 18.2 Å². The van der Waals surface area contributed by atoms with Crippen LogP contribution in [0.1, 0.15) is 43.7 Å². The minimum Gasteiger partial charge on any atom is -0.385 e. The van der Waals surface area contributed by atoms with Gasteiger partial charge in [0.1, 0.15) is 22.8 Å². The van der Waals surface area contributed by atoms with Crippen LogP contribution in [0, 0.1) is 12.8 Å². The number of rotatable bonds is 6. The number of aliphatic hydroxyl groups excluding tert-OH is 1. The second-order valence-electron chi connectivity index (χ2n) is 10.5. The Morgan fingerprint density at radius 1 is 1.13 bits per heavy atom. The van der Waals surface area contributed by atoms with E-state index in [2.05, 4.69) is 20.0 Å². The van der Waals surface area contributed by atoms with E-state index in [4.69, 9.17) is 0 Å². The molecule has 1 aromatic carbocycles. The number of sulfonamides is 1. The largest absolute Gasteiger partial charge is 0.385 e. The molecule has 0 amide bonds. The average molecular weight is 573 g/mol. The Labute approximate surface area is 227 Å². The van der Waals surface area contributed by atoms with Crippen LogP contribution in [0.2, 0.25) is 0 Å². The zero-order valence-electron chi connectivity index (χ0n) is 21.9. The molecule has 2 saturated heterocycles. The smallest absolute Gasteiger partial charge is 0.226 e. The van der Waals surface area contributed by atoms with Gasteiger partial charge < -0.3 is 15.1 Å². The molecule has 0 unspecified atom stereocenters. The number of H-pyrrole nitrogens is 1. The van der Waals surface area contributed by atoms with Crippen LogP contribution < -0.4 is 5.01 Å². The van der Waals surface area contributed by atoms with Crippen LogP contribution in [0.4, 0.5) is 0 Å². The molecule has 3 aromatic heterocycles. The van der Waals surface area contributed by atoms with Crippen molar-refractivity contribution in [1.82, 2.24) is 23.9 Å². The number of aromatic amines is 1. The van der Waals surface area contributed by atoms with Crippen molar-refractivity contribution in [2.24, 2.45) is 5.92 Å². The molecule has 4 aromatic rings. The van der Waals surface area contributed by atoms with Crippen LogP contribution in [-0.2, 0) is 19.9 Å². The first kappa shape index (κ1) is 26.2. The van der Waals surface area contributed by atoms with Crippen LogP contribution >= 0.6 is 0 Å². The maximum absolute atomic E-state index is 13.9. The topological polar surface area (TPSA) is 141 Å². The SMILES string of the molecule is Cc1ccccc1S(=O)(=O)c1nc2[nH]ccc2c2c1nc([C@@H](C)O)n2N1CCC(CN2CCCS2(=O)=O)CC1. The van der Waals surface area contributed by atoms with Gasteiger partial charge >= 0.3 is 0 Å². The fourth-order valence-electron chi connectivity index (χ4n) is 5.81. The van der Waals surface area contributed by atoms with E-state index in [0.717, 1.165) is 12.8 Å². The van der Waals surface area contributed by atoms with Gasteiger partial charge in [-0.3, -0.25) is 0 Å². The van der Waals surface area contributed by atoms with Crippen LogP contribution in [0.5, 0.6) is 0 Å². The molecular weight excluding hydrogens is 540 g/mol. The number of imidazole rings is 1. The number of benzene rings is 1. The van der Waals surface area contributed by atoms with Gasteiger partial charge in [0.25, 0.3) is 0 Å². The lowest BCUT2D eigenvalue weighted by Gasteiger charge is -2.36. The zero-order chi connectivity index (χ0) is 27.5. The summed E-state index contributed by atoms with van der Waals surface area (Å²) in [6.45, 7) is 5.68. The average Bonchev–Trinajstić information content (AvgIpc) is 3.60. The summed E-state index contributed by atoms with van der Waals surface area (Å²) in [5.41, 5.74) is 1.81. The van der Waals surface area contributed by atoms with Crippen LogP contribution in [0.3, 0.4) is 0 Å². The van der Waals surface area contributed by atoms with Crippen molar-refractivity contribution in [1.29, 1.82) is 0 Å². The Hall–Kier alpha value is -3.00. The lowest BCUT2D eigenvalue weighted by Crippen LogP contribution is -2.45. The maximum Gasteiger partial charge on any atom is 0.226 e. The van der Waals surface area contributed by atoms with Gasteiger partial charge in [0.15, 0.2) is 10.9 Å². The molecule has 2 aliphatic heterocycles. The molecule has 1 atom stereocenters. The first-order valence-electron chi connectivity index (χ1n) is 13.2. The Morgan fingerprint density at radius 3 is 2.54 bits per heavy atom. The van der Waals surface area contributed by atoms with E-state index in [0.29, 0.717) is 60.5 Å². The predicted octanol–water partition coefficient (Wildman–Crippen LogP) is 2.49. The minimum absolute atomic E-state index is 0.156. The van der Waals surface area contributed by atoms with Crippen molar-refractivity contribution in [3.8, 4) is 0 Å². The van der Waals surface area contributed by atoms with Crippen LogP contribution in [0.15, 0.2) is 46.5 Å². The third kappa shape index (κ3) is 4.41. The Balaban J connectivity index is 1.44. The molecule has 0 spiro atoms. The molecule has 2 fully saturated rings. The van der Waals surface area contributed by atoms with E-state index in [9.17, 15) is 21.9 Å². The number of hydrogen-bond donors (Lipinski definition) is 2. The third-order valence-electron chi connectivity index (χ3n) is 7.83. The Morgan fingerprint density at radius 2 is 1.87 bits per heavy atom. The number of fused-ring (bicyclic) bond motifs is 3. The second-order valence-corrected chi connectivity index (χ2v) is 14.4. The molecule has 11 nitrogen and oxygen atoms in total. The summed E-state index contributed by atoms with van der Waals surface area (Å²) in [5, 5.41) is 13.4. The number of hydrogen-bond acceptors (Lipinski definition) is 8. The van der Waals surface area contributed by atoms with Gasteiger partial charge in [0.2, 0.25) is 19.9 Å². The van der Waals surface area contributed by atoms with Crippen molar-refractivity contribution in [2.45, 2.75) is 49.1 Å². The lowest BCUT2D eigenvalue weighted by molar-refractivity contribution is 0.181. The fourth-order valence-corrected chi connectivity index (χ4v) is 8.98. The molecule has 0 aliphatic carbocycles. The second kappa shape index (κ2) is 9.58. The summed E-state index contributed by atoms with van der Waals surface area (Å²) in [4.78, 5) is 12.4. The molecule has 39 heavy (non-hydrogen) atoms. The highest BCUT2D eigenvalue weighted by Crippen LogP contribution is 2.35. The predicted molar refractivity (Wildman–Crippen MR) is 147 cm³/mol. The summed E-state index contributed by atoms with van der Waals surface area (Å²) in [7, 11) is -7.18. The first-order chi connectivity index (χ1) is 18.6. The fraction of sp³-hybridized carbons (Fsp3) is 0.462. The van der Waals surface area contributed by atoms with Crippen molar-refractivity contribution in [2.75, 3.05) is 36.9 Å². The summed E-state index contributed by atoms with van der Waals surface area (Å²) in [5.74, 6) is 0.783. The molecular formula is C26H32N6O5S2. The zero-order valence-corrected chi connectivity index (χ0v) is 23.5. The number of aromatic nitrogens is 4. The highest BCUT2D eigenvalue weighted by atomic mass is 32.2. The Kier molecular flexibility index (Phi) is 6.44. The molecule has 2 N–H and O–H groups in total.